The van der Waals surface area contributed by atoms with Crippen LogP contribution < -0.4 is 11.1 Å². The second-order valence-electron chi connectivity index (χ2n) is 5.92. The molecule has 0 heterocycles. The molecule has 0 saturated carbocycles. The van der Waals surface area contributed by atoms with E-state index >= 15 is 0 Å². The summed E-state index contributed by atoms with van der Waals surface area (Å²) < 4.78 is -0.672. The lowest BCUT2D eigenvalue weighted by molar-refractivity contribution is -0.139. The van der Waals surface area contributed by atoms with E-state index in [1.807, 2.05) is 0 Å². The molecule has 0 saturated heterocycles. The predicted octanol–water partition coefficient (Wildman–Crippen LogP) is 1.92. The Morgan fingerprint density at radius 2 is 2.19 bits per heavy atom. The van der Waals surface area contributed by atoms with Gasteiger partial charge in [0.1, 0.15) is 6.04 Å². The zero-order chi connectivity index (χ0) is 15.9. The van der Waals surface area contributed by atoms with Crippen LogP contribution in [0.2, 0.25) is 0 Å². The SMILES string of the molecule is CC(C)(SCC(=O)NCCC1=CCCCC1)[C@H](N)C(=O)O. The van der Waals surface area contributed by atoms with Gasteiger partial charge in [-0.3, -0.25) is 9.59 Å². The maximum Gasteiger partial charge on any atom is 0.321 e. The average Bonchev–Trinajstić information content (AvgIpc) is 2.45. The minimum Gasteiger partial charge on any atom is -0.480 e. The van der Waals surface area contributed by atoms with E-state index in [-0.39, 0.29) is 11.7 Å². The van der Waals surface area contributed by atoms with Crippen molar-refractivity contribution >= 4 is 23.6 Å². The molecule has 4 N–H and O–H groups in total. The normalized spacial score (nSPS) is 17.0. The van der Waals surface area contributed by atoms with Gasteiger partial charge in [0.2, 0.25) is 5.91 Å². The molecule has 6 heteroatoms. The molecule has 21 heavy (non-hydrogen) atoms. The van der Waals surface area contributed by atoms with Gasteiger partial charge in [0, 0.05) is 11.3 Å². The summed E-state index contributed by atoms with van der Waals surface area (Å²) >= 11 is 1.28. The maximum absolute atomic E-state index is 11.8. The number of carbonyl (C=O) groups excluding carboxylic acids is 1. The Balaban J connectivity index is 2.24. The smallest absolute Gasteiger partial charge is 0.321 e. The predicted molar refractivity (Wildman–Crippen MR) is 86.3 cm³/mol. The molecule has 0 spiro atoms. The molecule has 120 valence electrons. The number of thioether (sulfide) groups is 1. The molecule has 1 amide bonds. The van der Waals surface area contributed by atoms with Crippen molar-refractivity contribution in [3.8, 4) is 0 Å². The van der Waals surface area contributed by atoms with Crippen LogP contribution in [0.4, 0.5) is 0 Å². The number of hydrogen-bond acceptors (Lipinski definition) is 4. The van der Waals surface area contributed by atoms with Gasteiger partial charge in [0.15, 0.2) is 0 Å². The van der Waals surface area contributed by atoms with Gasteiger partial charge in [0.05, 0.1) is 5.75 Å². The standard InChI is InChI=1S/C15H26N2O3S/c1-15(2,13(16)14(19)20)21-10-12(18)17-9-8-11-6-4-3-5-7-11/h6,13H,3-5,7-10,16H2,1-2H3,(H,17,18)(H,19,20)/t13-/m1/s1. The van der Waals surface area contributed by atoms with Crippen LogP contribution in [0.25, 0.3) is 0 Å². The van der Waals surface area contributed by atoms with E-state index in [9.17, 15) is 9.59 Å². The van der Waals surface area contributed by atoms with Crippen LogP contribution in [0.3, 0.4) is 0 Å². The van der Waals surface area contributed by atoms with Crippen LogP contribution >= 0.6 is 11.8 Å². The molecular formula is C15H26N2O3S. The summed E-state index contributed by atoms with van der Waals surface area (Å²) in [6, 6.07) is -0.984. The number of nitrogens with two attached hydrogens (primary N) is 1. The zero-order valence-electron chi connectivity index (χ0n) is 12.9. The molecule has 5 nitrogen and oxygen atoms in total. The Morgan fingerprint density at radius 1 is 1.48 bits per heavy atom. The highest BCUT2D eigenvalue weighted by Gasteiger charge is 2.33. The van der Waals surface area contributed by atoms with Gasteiger partial charge in [-0.25, -0.2) is 0 Å². The van der Waals surface area contributed by atoms with E-state index in [1.165, 1.54) is 30.2 Å². The van der Waals surface area contributed by atoms with Crippen LogP contribution in [0.15, 0.2) is 11.6 Å². The molecule has 1 atom stereocenters. The highest BCUT2D eigenvalue weighted by atomic mass is 32.2. The number of amides is 1. The minimum absolute atomic E-state index is 0.0675. The number of allylic oxidation sites excluding steroid dienone is 1. The first kappa shape index (κ1) is 18.0. The number of hydrogen-bond donors (Lipinski definition) is 3. The summed E-state index contributed by atoms with van der Waals surface area (Å²) in [5.74, 6) is -0.883. The number of carboxylic acid groups (broad SMARTS) is 1. The summed E-state index contributed by atoms with van der Waals surface area (Å²) in [7, 11) is 0. The Bertz CT molecular complexity index is 408. The van der Waals surface area contributed by atoms with E-state index < -0.39 is 16.8 Å². The summed E-state index contributed by atoms with van der Waals surface area (Å²) in [5, 5.41) is 11.8. The largest absolute Gasteiger partial charge is 0.480 e. The zero-order valence-corrected chi connectivity index (χ0v) is 13.7. The number of aliphatic carboxylic acids is 1. The summed E-state index contributed by atoms with van der Waals surface area (Å²) in [5.41, 5.74) is 7.05. The summed E-state index contributed by atoms with van der Waals surface area (Å²) in [6.07, 6.45) is 8.00. The first-order valence-electron chi connectivity index (χ1n) is 7.40. The minimum atomic E-state index is -1.04. The molecule has 0 aromatic carbocycles. The molecule has 1 aliphatic rings. The molecule has 0 aromatic rings. The molecule has 0 unspecified atom stereocenters. The second-order valence-corrected chi connectivity index (χ2v) is 7.55. The van der Waals surface area contributed by atoms with E-state index in [1.54, 1.807) is 13.8 Å². The highest BCUT2D eigenvalue weighted by molar-refractivity contribution is 8.01. The van der Waals surface area contributed by atoms with Crippen molar-refractivity contribution in [1.82, 2.24) is 5.32 Å². The van der Waals surface area contributed by atoms with Crippen LogP contribution in [-0.2, 0) is 9.59 Å². The van der Waals surface area contributed by atoms with Crippen molar-refractivity contribution in [3.05, 3.63) is 11.6 Å². The van der Waals surface area contributed by atoms with Gasteiger partial charge in [-0.05, 0) is 46.0 Å². The van der Waals surface area contributed by atoms with Crippen LogP contribution in [-0.4, -0.2) is 40.1 Å². The molecule has 1 aliphatic carbocycles. The number of rotatable bonds is 8. The van der Waals surface area contributed by atoms with Gasteiger partial charge in [-0.2, -0.15) is 0 Å². The average molecular weight is 314 g/mol. The highest BCUT2D eigenvalue weighted by Crippen LogP contribution is 2.27. The van der Waals surface area contributed by atoms with Crippen molar-refractivity contribution in [2.75, 3.05) is 12.3 Å². The van der Waals surface area contributed by atoms with Crippen molar-refractivity contribution in [3.63, 3.8) is 0 Å². The van der Waals surface area contributed by atoms with Crippen molar-refractivity contribution in [2.24, 2.45) is 5.73 Å². The van der Waals surface area contributed by atoms with E-state index in [0.29, 0.717) is 6.54 Å². The molecule has 0 radical (unpaired) electrons. The summed E-state index contributed by atoms with van der Waals surface area (Å²) in [6.45, 7) is 4.14. The third-order valence-corrected chi connectivity index (χ3v) is 5.15. The van der Waals surface area contributed by atoms with Gasteiger partial charge in [-0.1, -0.05) is 11.6 Å². The van der Waals surface area contributed by atoms with Crippen molar-refractivity contribution in [2.45, 2.75) is 56.7 Å². The Hall–Kier alpha value is -1.01. The Morgan fingerprint density at radius 3 is 2.76 bits per heavy atom. The first-order chi connectivity index (χ1) is 9.83. The lowest BCUT2D eigenvalue weighted by atomic mass is 9.97. The van der Waals surface area contributed by atoms with Gasteiger partial charge in [-0.15, -0.1) is 11.8 Å². The van der Waals surface area contributed by atoms with Crippen LogP contribution in [0.1, 0.15) is 46.0 Å². The van der Waals surface area contributed by atoms with Crippen LogP contribution in [0, 0.1) is 0 Å². The third kappa shape index (κ3) is 6.52. The summed E-state index contributed by atoms with van der Waals surface area (Å²) in [4.78, 5) is 22.7. The van der Waals surface area contributed by atoms with E-state index in [2.05, 4.69) is 11.4 Å². The third-order valence-electron chi connectivity index (χ3n) is 3.74. The molecular weight excluding hydrogens is 288 g/mol. The Labute approximate surface area is 130 Å². The fourth-order valence-corrected chi connectivity index (χ4v) is 3.07. The molecule has 0 aromatic heterocycles. The number of carbonyl (C=O) groups is 2. The molecule has 0 aliphatic heterocycles. The van der Waals surface area contributed by atoms with Crippen LogP contribution in [0.5, 0.6) is 0 Å². The number of carboxylic acids is 1. The quantitative estimate of drug-likeness (QED) is 0.595. The topological polar surface area (TPSA) is 92.4 Å². The molecule has 0 fully saturated rings. The number of nitrogens with one attached hydrogen (secondary N) is 1. The van der Waals surface area contributed by atoms with Gasteiger partial charge in [0.25, 0.3) is 0 Å². The fraction of sp³-hybridized carbons (Fsp3) is 0.733. The van der Waals surface area contributed by atoms with E-state index in [4.69, 9.17) is 10.8 Å². The molecule has 0 bridgehead atoms. The Kier molecular flexibility index (Phi) is 7.25. The first-order valence-corrected chi connectivity index (χ1v) is 8.38. The maximum atomic E-state index is 11.8. The van der Waals surface area contributed by atoms with Crippen molar-refractivity contribution < 1.29 is 14.7 Å². The second kappa shape index (κ2) is 8.44. The van der Waals surface area contributed by atoms with Gasteiger partial charge >= 0.3 is 5.97 Å². The fourth-order valence-electron chi connectivity index (χ4n) is 2.18. The lowest BCUT2D eigenvalue weighted by Gasteiger charge is -2.27. The monoisotopic (exact) mass is 314 g/mol. The van der Waals surface area contributed by atoms with E-state index in [0.717, 1.165) is 19.3 Å². The van der Waals surface area contributed by atoms with Crippen molar-refractivity contribution in [1.29, 1.82) is 0 Å². The molecule has 1 rings (SSSR count). The van der Waals surface area contributed by atoms with Gasteiger partial charge < -0.3 is 16.2 Å². The lowest BCUT2D eigenvalue weighted by Crippen LogP contribution is -2.47.